The number of hydrogen-bond acceptors (Lipinski definition) is 7. The van der Waals surface area contributed by atoms with Gasteiger partial charge in [-0.2, -0.15) is 14.6 Å². The van der Waals surface area contributed by atoms with Crippen molar-refractivity contribution >= 4 is 22.4 Å². The monoisotopic (exact) mass is 603 g/mol. The Labute approximate surface area is 259 Å². The lowest BCUT2D eigenvalue weighted by Gasteiger charge is -2.06. The number of hydrogen-bond donors (Lipinski definition) is 0. The molecule has 0 atom stereocenters. The molecule has 6 aromatic rings. The van der Waals surface area contributed by atoms with Gasteiger partial charge in [0.25, 0.3) is 5.56 Å². The molecule has 0 unspecified atom stereocenters. The van der Waals surface area contributed by atoms with Crippen molar-refractivity contribution in [1.82, 2.24) is 24.4 Å². The fourth-order valence-corrected chi connectivity index (χ4v) is 5.71. The summed E-state index contributed by atoms with van der Waals surface area (Å²) >= 11 is 1.31. The molecule has 3 aromatic heterocycles. The van der Waals surface area contributed by atoms with Crippen LogP contribution in [0.3, 0.4) is 0 Å². The van der Waals surface area contributed by atoms with Gasteiger partial charge in [0.05, 0.1) is 16.8 Å². The number of unbranched alkanes of at least 4 members (excludes halogenated alkanes) is 3. The first-order chi connectivity index (χ1) is 21.6. The zero-order valence-electron chi connectivity index (χ0n) is 24.6. The van der Waals surface area contributed by atoms with Crippen molar-refractivity contribution in [2.75, 3.05) is 13.2 Å². The molecule has 0 aliphatic rings. The van der Waals surface area contributed by atoms with E-state index < -0.39 is 0 Å². The Morgan fingerprint density at radius 2 is 1.59 bits per heavy atom. The van der Waals surface area contributed by atoms with Gasteiger partial charge in [0.15, 0.2) is 5.82 Å². The SMILES string of the molecule is C=CCOc1ccc(-c2nn(-c3ccccc3)cc2C=c2sc3nc(-c4ccc(OCCCCCC)cc4)nn3c2=O)cc1. The average Bonchev–Trinajstić information content (AvgIpc) is 3.76. The number of nitrogens with zero attached hydrogens (tertiary/aromatic N) is 5. The highest BCUT2D eigenvalue weighted by molar-refractivity contribution is 7.15. The molecule has 0 N–H and O–H groups in total. The molecule has 0 aliphatic carbocycles. The van der Waals surface area contributed by atoms with Crippen molar-refractivity contribution in [2.45, 2.75) is 32.6 Å². The van der Waals surface area contributed by atoms with Crippen LogP contribution in [-0.2, 0) is 0 Å². The first-order valence-corrected chi connectivity index (χ1v) is 15.6. The van der Waals surface area contributed by atoms with Crippen LogP contribution in [0.2, 0.25) is 0 Å². The zero-order valence-corrected chi connectivity index (χ0v) is 25.4. The normalized spacial score (nSPS) is 11.7. The van der Waals surface area contributed by atoms with Gasteiger partial charge in [0.2, 0.25) is 4.96 Å². The molecule has 3 heterocycles. The molecular formula is C35H33N5O3S. The third kappa shape index (κ3) is 6.48. The Kier molecular flexibility index (Phi) is 8.93. The Morgan fingerprint density at radius 3 is 2.30 bits per heavy atom. The molecule has 3 aromatic carbocycles. The van der Waals surface area contributed by atoms with Crippen molar-refractivity contribution in [2.24, 2.45) is 0 Å². The standard InChI is InChI=1S/C35H33N5O3S/c1-3-5-6-10-22-43-30-19-15-26(16-20-30)33-36-35-40(38-33)34(41)31(44-35)23-27-24-39(28-11-8-7-9-12-28)37-32(27)25-13-17-29(18-14-25)42-21-4-2/h4,7-9,11-20,23-24H,2-3,5-6,10,21-22H2,1H3. The number of fused-ring (bicyclic) bond motifs is 1. The van der Waals surface area contributed by atoms with E-state index in [9.17, 15) is 4.79 Å². The van der Waals surface area contributed by atoms with E-state index in [-0.39, 0.29) is 5.56 Å². The van der Waals surface area contributed by atoms with Crippen molar-refractivity contribution in [1.29, 1.82) is 0 Å². The maximum absolute atomic E-state index is 13.5. The maximum Gasteiger partial charge on any atom is 0.291 e. The number of benzene rings is 3. The lowest BCUT2D eigenvalue weighted by molar-refractivity contribution is 0.305. The molecule has 0 saturated heterocycles. The largest absolute Gasteiger partial charge is 0.494 e. The summed E-state index contributed by atoms with van der Waals surface area (Å²) in [5, 5.41) is 9.42. The van der Waals surface area contributed by atoms with Crippen LogP contribution < -0.4 is 19.6 Å². The number of aromatic nitrogens is 5. The van der Waals surface area contributed by atoms with Crippen LogP contribution in [-0.4, -0.2) is 37.6 Å². The third-order valence-corrected chi connectivity index (χ3v) is 8.07. The molecule has 0 aliphatic heterocycles. The second kappa shape index (κ2) is 13.5. The van der Waals surface area contributed by atoms with Gasteiger partial charge in [-0.15, -0.1) is 5.10 Å². The minimum Gasteiger partial charge on any atom is -0.494 e. The second-order valence-corrected chi connectivity index (χ2v) is 11.3. The van der Waals surface area contributed by atoms with Crippen LogP contribution in [0.1, 0.15) is 38.2 Å². The Hall–Kier alpha value is -5.02. The number of thiazole rings is 1. The van der Waals surface area contributed by atoms with Crippen molar-refractivity contribution < 1.29 is 9.47 Å². The molecule has 0 bridgehead atoms. The summed E-state index contributed by atoms with van der Waals surface area (Å²) in [6.45, 7) is 7.04. The van der Waals surface area contributed by atoms with Crippen LogP contribution in [0.5, 0.6) is 11.5 Å². The van der Waals surface area contributed by atoms with Crippen LogP contribution in [0, 0.1) is 0 Å². The Bertz CT molecular complexity index is 1960. The van der Waals surface area contributed by atoms with Crippen LogP contribution in [0.4, 0.5) is 0 Å². The number of rotatable bonds is 13. The summed E-state index contributed by atoms with van der Waals surface area (Å²) in [5.41, 5.74) is 3.98. The topological polar surface area (TPSA) is 83.5 Å². The lowest BCUT2D eigenvalue weighted by atomic mass is 10.1. The molecule has 6 rings (SSSR count). The van der Waals surface area contributed by atoms with Gasteiger partial charge >= 0.3 is 0 Å². The summed E-state index contributed by atoms with van der Waals surface area (Å²) in [6.07, 6.45) is 10.2. The highest BCUT2D eigenvalue weighted by atomic mass is 32.1. The van der Waals surface area contributed by atoms with Gasteiger partial charge in [-0.05, 0) is 73.2 Å². The van der Waals surface area contributed by atoms with E-state index in [4.69, 9.17) is 14.6 Å². The predicted molar refractivity (Wildman–Crippen MR) is 176 cm³/mol. The van der Waals surface area contributed by atoms with E-state index in [1.165, 1.54) is 35.1 Å². The maximum atomic E-state index is 13.5. The van der Waals surface area contributed by atoms with E-state index >= 15 is 0 Å². The number of ether oxygens (including phenoxy) is 2. The molecule has 8 nitrogen and oxygen atoms in total. The average molecular weight is 604 g/mol. The summed E-state index contributed by atoms with van der Waals surface area (Å²) in [4.78, 5) is 18.7. The Morgan fingerprint density at radius 1 is 0.864 bits per heavy atom. The number of para-hydroxylation sites is 1. The zero-order chi connectivity index (χ0) is 30.3. The Balaban J connectivity index is 1.29. The van der Waals surface area contributed by atoms with Crippen molar-refractivity contribution in [3.05, 3.63) is 118 Å². The highest BCUT2D eigenvalue weighted by Crippen LogP contribution is 2.27. The summed E-state index contributed by atoms with van der Waals surface area (Å²) < 4.78 is 15.2. The summed E-state index contributed by atoms with van der Waals surface area (Å²) in [7, 11) is 0. The van der Waals surface area contributed by atoms with E-state index in [0.29, 0.717) is 28.5 Å². The molecule has 222 valence electrons. The summed E-state index contributed by atoms with van der Waals surface area (Å²) in [6, 6.07) is 25.3. The highest BCUT2D eigenvalue weighted by Gasteiger charge is 2.15. The third-order valence-electron chi connectivity index (χ3n) is 7.11. The lowest BCUT2D eigenvalue weighted by Crippen LogP contribution is -2.23. The van der Waals surface area contributed by atoms with E-state index in [2.05, 4.69) is 23.6 Å². The first kappa shape index (κ1) is 29.1. The minimum absolute atomic E-state index is 0.220. The van der Waals surface area contributed by atoms with Gasteiger partial charge in [-0.3, -0.25) is 4.79 Å². The predicted octanol–water partition coefficient (Wildman–Crippen LogP) is 6.74. The molecule has 0 amide bonds. The second-order valence-electron chi connectivity index (χ2n) is 10.3. The molecule has 0 fully saturated rings. The van der Waals surface area contributed by atoms with E-state index in [0.717, 1.165) is 46.0 Å². The molecule has 0 spiro atoms. The van der Waals surface area contributed by atoms with E-state index in [1.54, 1.807) is 6.08 Å². The van der Waals surface area contributed by atoms with Gasteiger partial charge < -0.3 is 9.47 Å². The fraction of sp³-hybridized carbons (Fsp3) is 0.200. The fourth-order valence-electron chi connectivity index (χ4n) is 4.81. The van der Waals surface area contributed by atoms with Crippen molar-refractivity contribution in [3.8, 4) is 39.8 Å². The van der Waals surface area contributed by atoms with Gasteiger partial charge in [-0.25, -0.2) is 4.68 Å². The molecule has 44 heavy (non-hydrogen) atoms. The smallest absolute Gasteiger partial charge is 0.291 e. The quantitative estimate of drug-likeness (QED) is 0.107. The van der Waals surface area contributed by atoms with Crippen LogP contribution >= 0.6 is 11.3 Å². The minimum atomic E-state index is -0.220. The van der Waals surface area contributed by atoms with Crippen LogP contribution in [0.25, 0.3) is 39.4 Å². The first-order valence-electron chi connectivity index (χ1n) is 14.8. The van der Waals surface area contributed by atoms with Gasteiger partial charge in [0, 0.05) is 22.9 Å². The van der Waals surface area contributed by atoms with E-state index in [1.807, 2.05) is 95.8 Å². The molecular weight excluding hydrogens is 570 g/mol. The molecule has 0 saturated carbocycles. The van der Waals surface area contributed by atoms with Crippen molar-refractivity contribution in [3.63, 3.8) is 0 Å². The van der Waals surface area contributed by atoms with Gasteiger partial charge in [-0.1, -0.05) is 68.4 Å². The summed E-state index contributed by atoms with van der Waals surface area (Å²) in [5.74, 6) is 2.07. The molecule has 0 radical (unpaired) electrons. The van der Waals surface area contributed by atoms with Crippen LogP contribution in [0.15, 0.2) is 103 Å². The van der Waals surface area contributed by atoms with Gasteiger partial charge in [0.1, 0.15) is 23.8 Å². The molecule has 9 heteroatoms.